The minimum absolute atomic E-state index is 0.905. The molecule has 0 amide bonds. The fourth-order valence-corrected chi connectivity index (χ4v) is 7.57. The molecule has 2 aromatic heterocycles. The van der Waals surface area contributed by atoms with E-state index in [1.165, 1.54) is 49.0 Å². The molecule has 0 aliphatic heterocycles. The number of fused-ring (bicyclic) bond motifs is 7. The highest BCUT2D eigenvalue weighted by Crippen LogP contribution is 2.45. The van der Waals surface area contributed by atoms with E-state index in [2.05, 4.69) is 157 Å². The van der Waals surface area contributed by atoms with E-state index < -0.39 is 0 Å². The highest BCUT2D eigenvalue weighted by atomic mass is 16.3. The van der Waals surface area contributed by atoms with E-state index in [0.29, 0.717) is 0 Å². The molecule has 2 heterocycles. The van der Waals surface area contributed by atoms with Gasteiger partial charge in [0.1, 0.15) is 17.0 Å². The first kappa shape index (κ1) is 26.1. The van der Waals surface area contributed by atoms with Crippen molar-refractivity contribution in [2.45, 2.75) is 0 Å². The summed E-state index contributed by atoms with van der Waals surface area (Å²) in [4.78, 5) is 5.12. The number of hydrogen-bond acceptors (Lipinski definition) is 2. The molecule has 0 bridgehead atoms. The molecule has 0 fully saturated rings. The van der Waals surface area contributed by atoms with Crippen LogP contribution in [0.4, 0.5) is 0 Å². The Morgan fingerprint density at radius 1 is 0.447 bits per heavy atom. The zero-order chi connectivity index (χ0) is 31.1. The van der Waals surface area contributed by atoms with Crippen LogP contribution < -0.4 is 0 Å². The summed E-state index contributed by atoms with van der Waals surface area (Å²) >= 11 is 0. The molecule has 8 aromatic carbocycles. The maximum Gasteiger partial charge on any atom is 0.140 e. The molecule has 0 unspecified atom stereocenters. The molecule has 0 saturated heterocycles. The van der Waals surface area contributed by atoms with Crippen LogP contribution in [0.3, 0.4) is 0 Å². The molecule has 0 saturated carbocycles. The Labute approximate surface area is 270 Å². The van der Waals surface area contributed by atoms with Crippen LogP contribution in [0.2, 0.25) is 0 Å². The molecule has 0 atom stereocenters. The summed E-state index contributed by atoms with van der Waals surface area (Å²) in [5.41, 5.74) is 9.86. The minimum Gasteiger partial charge on any atom is -0.456 e. The van der Waals surface area contributed by atoms with Crippen molar-refractivity contribution in [2.75, 3.05) is 0 Å². The van der Waals surface area contributed by atoms with Crippen LogP contribution >= 0.6 is 0 Å². The monoisotopic (exact) mass is 600 g/mol. The number of aryl methyl sites for hydroxylation is 1. The van der Waals surface area contributed by atoms with Crippen LogP contribution in [0.5, 0.6) is 0 Å². The van der Waals surface area contributed by atoms with Crippen LogP contribution in [-0.4, -0.2) is 9.55 Å². The molecule has 10 aromatic rings. The van der Waals surface area contributed by atoms with E-state index in [-0.39, 0.29) is 0 Å². The molecule has 3 nitrogen and oxygen atoms in total. The molecule has 220 valence electrons. The Morgan fingerprint density at radius 2 is 1.00 bits per heavy atom. The average Bonchev–Trinajstić information content (AvgIpc) is 3.65. The first-order chi connectivity index (χ1) is 23.2. The van der Waals surface area contributed by atoms with Gasteiger partial charge in [-0.2, -0.15) is 0 Å². The average molecular weight is 601 g/mol. The first-order valence-corrected chi connectivity index (χ1v) is 16.0. The van der Waals surface area contributed by atoms with Crippen LogP contribution in [-0.2, 0) is 7.05 Å². The highest BCUT2D eigenvalue weighted by Gasteiger charge is 2.19. The Bertz CT molecular complexity index is 2800. The maximum absolute atomic E-state index is 6.37. The smallest absolute Gasteiger partial charge is 0.140 e. The second kappa shape index (κ2) is 9.90. The first-order valence-electron chi connectivity index (χ1n) is 16.0. The van der Waals surface area contributed by atoms with E-state index in [4.69, 9.17) is 9.40 Å². The normalized spacial score (nSPS) is 11.9. The summed E-state index contributed by atoms with van der Waals surface area (Å²) in [6.45, 7) is 0. The van der Waals surface area contributed by atoms with Crippen molar-refractivity contribution in [2.24, 2.45) is 7.05 Å². The summed E-state index contributed by atoms with van der Waals surface area (Å²) in [7, 11) is 2.10. The van der Waals surface area contributed by atoms with Gasteiger partial charge in [-0.05, 0) is 91.0 Å². The predicted molar refractivity (Wildman–Crippen MR) is 197 cm³/mol. The van der Waals surface area contributed by atoms with Gasteiger partial charge in [-0.3, -0.25) is 0 Å². The van der Waals surface area contributed by atoms with Gasteiger partial charge in [0.15, 0.2) is 0 Å². The van der Waals surface area contributed by atoms with Gasteiger partial charge in [0.05, 0.1) is 11.0 Å². The summed E-state index contributed by atoms with van der Waals surface area (Å²) in [5.74, 6) is 0.970. The predicted octanol–water partition coefficient (Wildman–Crippen LogP) is 11.9. The van der Waals surface area contributed by atoms with E-state index in [1.807, 2.05) is 6.07 Å². The lowest BCUT2D eigenvalue weighted by molar-refractivity contribution is 0.669. The lowest BCUT2D eigenvalue weighted by Gasteiger charge is -2.17. The van der Waals surface area contributed by atoms with Crippen molar-refractivity contribution >= 4 is 65.3 Å². The fourth-order valence-electron chi connectivity index (χ4n) is 7.57. The Morgan fingerprint density at radius 3 is 1.68 bits per heavy atom. The minimum atomic E-state index is 0.905. The van der Waals surface area contributed by atoms with Crippen molar-refractivity contribution in [1.82, 2.24) is 9.55 Å². The number of imidazole rings is 1. The molecular weight excluding hydrogens is 572 g/mol. The topological polar surface area (TPSA) is 31.0 Å². The van der Waals surface area contributed by atoms with E-state index >= 15 is 0 Å². The lowest BCUT2D eigenvalue weighted by Crippen LogP contribution is -1.92. The lowest BCUT2D eigenvalue weighted by atomic mass is 9.85. The van der Waals surface area contributed by atoms with Gasteiger partial charge in [-0.1, -0.05) is 115 Å². The SMILES string of the molecule is Cn1c(-c2ccccc2)nc2cc(-c3c4ccccc4c(-c4ccc5oc6cc7ccccc7cc6c5c4)c4ccccc34)ccc21. The number of aromatic nitrogens is 2. The zero-order valence-electron chi connectivity index (χ0n) is 25.7. The third-order valence-corrected chi connectivity index (χ3v) is 9.76. The molecule has 10 rings (SSSR count). The van der Waals surface area contributed by atoms with Gasteiger partial charge in [-0.15, -0.1) is 0 Å². The van der Waals surface area contributed by atoms with Gasteiger partial charge in [0.25, 0.3) is 0 Å². The van der Waals surface area contributed by atoms with Crippen molar-refractivity contribution in [3.8, 4) is 33.6 Å². The highest BCUT2D eigenvalue weighted by molar-refractivity contribution is 6.22. The van der Waals surface area contributed by atoms with Gasteiger partial charge in [0, 0.05) is 23.4 Å². The van der Waals surface area contributed by atoms with Crippen LogP contribution in [0, 0.1) is 0 Å². The zero-order valence-corrected chi connectivity index (χ0v) is 25.7. The number of rotatable bonds is 3. The molecule has 3 heteroatoms. The summed E-state index contributed by atoms with van der Waals surface area (Å²) in [6, 6.07) is 54.3. The van der Waals surface area contributed by atoms with Gasteiger partial charge < -0.3 is 8.98 Å². The standard InChI is InChI=1S/C44H28N2O/c1-46-39-21-19-31(25-38(39)45-44(46)27-11-3-2-4-12-27)43-34-17-9-7-15-32(34)42(33-16-8-10-18-35(33)43)30-20-22-40-36(24-30)37-23-28-13-5-6-14-29(28)26-41(37)47-40/h2-26H,1H3. The van der Waals surface area contributed by atoms with Crippen molar-refractivity contribution in [1.29, 1.82) is 0 Å². The molecule has 0 aliphatic carbocycles. The second-order valence-electron chi connectivity index (χ2n) is 12.4. The third kappa shape index (κ3) is 3.90. The van der Waals surface area contributed by atoms with Crippen molar-refractivity contribution in [3.05, 3.63) is 152 Å². The number of furan rings is 1. The van der Waals surface area contributed by atoms with Crippen LogP contribution in [0.1, 0.15) is 0 Å². The third-order valence-electron chi connectivity index (χ3n) is 9.76. The maximum atomic E-state index is 6.37. The molecule has 0 N–H and O–H groups in total. The summed E-state index contributed by atoms with van der Waals surface area (Å²) in [5, 5.41) is 9.58. The number of benzene rings is 8. The summed E-state index contributed by atoms with van der Waals surface area (Å²) in [6.07, 6.45) is 0. The Hall–Kier alpha value is -6.19. The van der Waals surface area contributed by atoms with Crippen molar-refractivity contribution in [3.63, 3.8) is 0 Å². The molecule has 0 radical (unpaired) electrons. The van der Waals surface area contributed by atoms with Crippen LogP contribution in [0.25, 0.3) is 98.9 Å². The van der Waals surface area contributed by atoms with Crippen LogP contribution in [0.15, 0.2) is 156 Å². The van der Waals surface area contributed by atoms with Gasteiger partial charge in [0.2, 0.25) is 0 Å². The number of hydrogen-bond donors (Lipinski definition) is 0. The Balaban J connectivity index is 1.22. The van der Waals surface area contributed by atoms with Gasteiger partial charge in [-0.25, -0.2) is 4.98 Å². The van der Waals surface area contributed by atoms with Gasteiger partial charge >= 0.3 is 0 Å². The Kier molecular flexibility index (Phi) is 5.49. The van der Waals surface area contributed by atoms with Crippen molar-refractivity contribution < 1.29 is 4.42 Å². The largest absolute Gasteiger partial charge is 0.456 e. The molecular formula is C44H28N2O. The summed E-state index contributed by atoms with van der Waals surface area (Å²) < 4.78 is 8.56. The molecule has 0 aliphatic rings. The fraction of sp³-hybridized carbons (Fsp3) is 0.0227. The molecule has 0 spiro atoms. The quantitative estimate of drug-likeness (QED) is 0.189. The van der Waals surface area contributed by atoms with E-state index in [9.17, 15) is 0 Å². The molecule has 47 heavy (non-hydrogen) atoms. The van der Waals surface area contributed by atoms with E-state index in [0.717, 1.165) is 49.9 Å². The van der Waals surface area contributed by atoms with E-state index in [1.54, 1.807) is 0 Å². The number of nitrogens with zero attached hydrogens (tertiary/aromatic N) is 2. The second-order valence-corrected chi connectivity index (χ2v) is 12.4.